The van der Waals surface area contributed by atoms with E-state index >= 15 is 0 Å². The number of benzene rings is 4. The molecule has 0 spiro atoms. The third kappa shape index (κ3) is 1.72. The van der Waals surface area contributed by atoms with Gasteiger partial charge in [0.1, 0.15) is 0 Å². The lowest BCUT2D eigenvalue weighted by Crippen LogP contribution is -1.91. The van der Waals surface area contributed by atoms with Gasteiger partial charge in [0.05, 0.1) is 5.52 Å². The summed E-state index contributed by atoms with van der Waals surface area (Å²) in [4.78, 5) is 4.90. The molecule has 1 aliphatic carbocycles. The number of nitrogens with zero attached hydrogens (tertiary/aromatic N) is 1. The van der Waals surface area contributed by atoms with Gasteiger partial charge in [-0.1, -0.05) is 60.7 Å². The van der Waals surface area contributed by atoms with E-state index in [0.29, 0.717) is 0 Å². The molecule has 1 heterocycles. The molecule has 0 saturated carbocycles. The summed E-state index contributed by atoms with van der Waals surface area (Å²) in [6.07, 6.45) is 3.07. The first-order valence-electron chi connectivity index (χ1n) is 9.12. The summed E-state index contributed by atoms with van der Waals surface area (Å²) in [5, 5.41) is 6.54. The number of aromatic nitrogens is 1. The monoisotopic (exact) mass is 331 g/mol. The average molecular weight is 331 g/mol. The second kappa shape index (κ2) is 4.92. The van der Waals surface area contributed by atoms with Crippen LogP contribution in [-0.2, 0) is 6.42 Å². The molecule has 4 aromatic carbocycles. The van der Waals surface area contributed by atoms with E-state index in [1.807, 2.05) is 0 Å². The van der Waals surface area contributed by atoms with Gasteiger partial charge in [0.15, 0.2) is 0 Å². The van der Waals surface area contributed by atoms with Crippen molar-refractivity contribution in [1.82, 2.24) is 4.98 Å². The Hall–Kier alpha value is -3.19. The lowest BCUT2D eigenvalue weighted by Gasteiger charge is -2.10. The van der Waals surface area contributed by atoms with Crippen molar-refractivity contribution in [3.63, 3.8) is 0 Å². The van der Waals surface area contributed by atoms with Crippen LogP contribution in [0.5, 0.6) is 0 Å². The van der Waals surface area contributed by atoms with Gasteiger partial charge in [-0.2, -0.15) is 0 Å². The van der Waals surface area contributed by atoms with Gasteiger partial charge in [0, 0.05) is 29.0 Å². The average Bonchev–Trinajstić information content (AvgIpc) is 3.08. The zero-order valence-corrected chi connectivity index (χ0v) is 14.6. The SMILES string of the molecule is Cc1cc2c3c(cnc2c2ccccc12)-c1ccc2ccccc2c1C3. The Morgan fingerprint density at radius 3 is 2.31 bits per heavy atom. The van der Waals surface area contributed by atoms with Crippen LogP contribution in [0, 0.1) is 6.92 Å². The number of aryl methyl sites for hydroxylation is 1. The summed E-state index contributed by atoms with van der Waals surface area (Å²) in [7, 11) is 0. The van der Waals surface area contributed by atoms with Crippen molar-refractivity contribution in [2.24, 2.45) is 0 Å². The molecule has 0 saturated heterocycles. The van der Waals surface area contributed by atoms with Gasteiger partial charge in [-0.05, 0) is 51.4 Å². The normalized spacial score (nSPS) is 12.7. The van der Waals surface area contributed by atoms with Crippen LogP contribution in [0.15, 0.2) is 72.9 Å². The van der Waals surface area contributed by atoms with Crippen LogP contribution in [0.2, 0.25) is 0 Å². The van der Waals surface area contributed by atoms with Crippen molar-refractivity contribution in [2.45, 2.75) is 13.3 Å². The molecule has 0 fully saturated rings. The second-order valence-corrected chi connectivity index (χ2v) is 7.28. The molecule has 1 nitrogen and oxygen atoms in total. The molecule has 1 aromatic heterocycles. The van der Waals surface area contributed by atoms with Crippen LogP contribution in [-0.4, -0.2) is 4.98 Å². The molecule has 6 rings (SSSR count). The van der Waals surface area contributed by atoms with Crippen LogP contribution < -0.4 is 0 Å². The highest BCUT2D eigenvalue weighted by molar-refractivity contribution is 6.10. The van der Waals surface area contributed by atoms with E-state index in [-0.39, 0.29) is 0 Å². The zero-order chi connectivity index (χ0) is 17.3. The first kappa shape index (κ1) is 14.0. The fourth-order valence-electron chi connectivity index (χ4n) is 4.64. The van der Waals surface area contributed by atoms with E-state index in [2.05, 4.69) is 79.9 Å². The summed E-state index contributed by atoms with van der Waals surface area (Å²) < 4.78 is 0. The molecule has 26 heavy (non-hydrogen) atoms. The van der Waals surface area contributed by atoms with Crippen molar-refractivity contribution >= 4 is 32.4 Å². The fraction of sp³-hybridized carbons (Fsp3) is 0.0800. The molecule has 1 aliphatic rings. The molecule has 1 heteroatoms. The van der Waals surface area contributed by atoms with Crippen molar-refractivity contribution in [2.75, 3.05) is 0 Å². The highest BCUT2D eigenvalue weighted by Crippen LogP contribution is 2.43. The minimum Gasteiger partial charge on any atom is -0.255 e. The smallest absolute Gasteiger partial charge is 0.0783 e. The molecule has 0 unspecified atom stereocenters. The minimum atomic E-state index is 0.989. The number of fused-ring (bicyclic) bond motifs is 9. The van der Waals surface area contributed by atoms with Gasteiger partial charge < -0.3 is 0 Å². The molecule has 122 valence electrons. The molecule has 0 N–H and O–H groups in total. The summed E-state index contributed by atoms with van der Waals surface area (Å²) in [5.74, 6) is 0. The van der Waals surface area contributed by atoms with Crippen molar-refractivity contribution in [3.8, 4) is 11.1 Å². The standard InChI is InChI=1S/C25H17N/c1-15-12-23-22-13-21-18-8-3-2-6-16(18)10-11-19(21)24(22)14-26-25(23)20-9-5-4-7-17(15)20/h2-12,14H,13H2,1H3. The van der Waals surface area contributed by atoms with Crippen LogP contribution in [0.4, 0.5) is 0 Å². The third-order valence-electron chi connectivity index (χ3n) is 5.88. The molecule has 5 aromatic rings. The molecular weight excluding hydrogens is 314 g/mol. The summed E-state index contributed by atoms with van der Waals surface area (Å²) in [6.45, 7) is 2.21. The van der Waals surface area contributed by atoms with E-state index in [9.17, 15) is 0 Å². The quantitative estimate of drug-likeness (QED) is 0.293. The summed E-state index contributed by atoms with van der Waals surface area (Å²) in [6, 6.07) is 24.1. The Balaban J connectivity index is 1.72. The number of pyridine rings is 1. The highest BCUT2D eigenvalue weighted by atomic mass is 14.7. The van der Waals surface area contributed by atoms with Crippen LogP contribution in [0.25, 0.3) is 43.6 Å². The van der Waals surface area contributed by atoms with Gasteiger partial charge in [-0.25, -0.2) is 0 Å². The number of hydrogen-bond donors (Lipinski definition) is 0. The minimum absolute atomic E-state index is 0.989. The Morgan fingerprint density at radius 1 is 0.692 bits per heavy atom. The lowest BCUT2D eigenvalue weighted by molar-refractivity contribution is 1.29. The molecule has 0 bridgehead atoms. The molecule has 0 atom stereocenters. The summed E-state index contributed by atoms with van der Waals surface area (Å²) in [5.41, 5.74) is 7.96. The molecular formula is C25H17N. The largest absolute Gasteiger partial charge is 0.255 e. The molecule has 0 aliphatic heterocycles. The summed E-state index contributed by atoms with van der Waals surface area (Å²) >= 11 is 0. The van der Waals surface area contributed by atoms with E-state index < -0.39 is 0 Å². The maximum Gasteiger partial charge on any atom is 0.0783 e. The Kier molecular flexibility index (Phi) is 2.66. The van der Waals surface area contributed by atoms with Gasteiger partial charge in [-0.15, -0.1) is 0 Å². The predicted octanol–water partition coefficient (Wildman–Crippen LogP) is 6.42. The van der Waals surface area contributed by atoms with Gasteiger partial charge in [0.25, 0.3) is 0 Å². The van der Waals surface area contributed by atoms with Gasteiger partial charge in [0.2, 0.25) is 0 Å². The van der Waals surface area contributed by atoms with Crippen molar-refractivity contribution < 1.29 is 0 Å². The zero-order valence-electron chi connectivity index (χ0n) is 14.6. The van der Waals surface area contributed by atoms with E-state index in [4.69, 9.17) is 4.98 Å². The fourth-order valence-corrected chi connectivity index (χ4v) is 4.64. The van der Waals surface area contributed by atoms with Crippen LogP contribution >= 0.6 is 0 Å². The van der Waals surface area contributed by atoms with E-state index in [0.717, 1.165) is 11.9 Å². The third-order valence-corrected chi connectivity index (χ3v) is 5.88. The molecule has 0 amide bonds. The Labute approximate surface area is 151 Å². The van der Waals surface area contributed by atoms with Crippen molar-refractivity contribution in [1.29, 1.82) is 0 Å². The first-order valence-corrected chi connectivity index (χ1v) is 9.12. The number of hydrogen-bond acceptors (Lipinski definition) is 1. The Bertz CT molecular complexity index is 1360. The lowest BCUT2D eigenvalue weighted by atomic mass is 9.96. The maximum absolute atomic E-state index is 4.90. The van der Waals surface area contributed by atoms with Gasteiger partial charge in [-0.3, -0.25) is 4.98 Å². The first-order chi connectivity index (χ1) is 12.8. The maximum atomic E-state index is 4.90. The predicted molar refractivity (Wildman–Crippen MR) is 110 cm³/mol. The highest BCUT2D eigenvalue weighted by Gasteiger charge is 2.23. The Morgan fingerprint density at radius 2 is 1.42 bits per heavy atom. The van der Waals surface area contributed by atoms with E-state index in [1.165, 1.54) is 54.7 Å². The van der Waals surface area contributed by atoms with Crippen molar-refractivity contribution in [3.05, 3.63) is 89.6 Å². The topological polar surface area (TPSA) is 12.9 Å². The number of rotatable bonds is 0. The second-order valence-electron chi connectivity index (χ2n) is 7.28. The van der Waals surface area contributed by atoms with Gasteiger partial charge >= 0.3 is 0 Å². The van der Waals surface area contributed by atoms with Crippen LogP contribution in [0.1, 0.15) is 16.7 Å². The van der Waals surface area contributed by atoms with E-state index in [1.54, 1.807) is 0 Å². The molecule has 0 radical (unpaired) electrons. The van der Waals surface area contributed by atoms with Crippen LogP contribution in [0.3, 0.4) is 0 Å².